The first kappa shape index (κ1) is 14.3. The number of nitrogens with two attached hydrogens (primary N) is 1. The van der Waals surface area contributed by atoms with Crippen molar-refractivity contribution < 1.29 is 9.53 Å². The number of amides is 1. The fourth-order valence-electron chi connectivity index (χ4n) is 0.972. The first-order valence-electron chi connectivity index (χ1n) is 4.75. The molecular weight excluding hydrogens is 212 g/mol. The van der Waals surface area contributed by atoms with Crippen LogP contribution >= 0.6 is 12.2 Å². The van der Waals surface area contributed by atoms with Crippen molar-refractivity contribution in [2.24, 2.45) is 11.1 Å². The van der Waals surface area contributed by atoms with Gasteiger partial charge in [0.1, 0.15) is 0 Å². The van der Waals surface area contributed by atoms with Crippen LogP contribution in [0, 0.1) is 5.41 Å². The van der Waals surface area contributed by atoms with Gasteiger partial charge in [-0.3, -0.25) is 4.79 Å². The molecule has 0 aliphatic heterocycles. The summed E-state index contributed by atoms with van der Waals surface area (Å²) >= 11 is 4.85. The highest BCUT2D eigenvalue weighted by Gasteiger charge is 2.34. The maximum atomic E-state index is 11.9. The molecule has 5 heteroatoms. The minimum absolute atomic E-state index is 0.183. The van der Waals surface area contributed by atoms with Gasteiger partial charge in [0.05, 0.1) is 22.5 Å². The smallest absolute Gasteiger partial charge is 0.232 e. The first-order chi connectivity index (χ1) is 6.63. The summed E-state index contributed by atoms with van der Waals surface area (Å²) in [5.74, 6) is -0.183. The number of hydrogen-bond donors (Lipinski definition) is 2. The quantitative estimate of drug-likeness (QED) is 0.689. The Hall–Kier alpha value is -0.680. The monoisotopic (exact) mass is 232 g/mol. The highest BCUT2D eigenvalue weighted by atomic mass is 32.1. The van der Waals surface area contributed by atoms with E-state index in [-0.39, 0.29) is 10.9 Å². The third kappa shape index (κ3) is 4.13. The number of rotatable bonds is 5. The van der Waals surface area contributed by atoms with Gasteiger partial charge in [-0.1, -0.05) is 12.2 Å². The molecule has 0 aliphatic rings. The van der Waals surface area contributed by atoms with E-state index in [1.54, 1.807) is 21.0 Å². The second kappa shape index (κ2) is 4.90. The molecule has 0 atom stereocenters. The zero-order valence-corrected chi connectivity index (χ0v) is 10.8. The van der Waals surface area contributed by atoms with Gasteiger partial charge in [0.15, 0.2) is 0 Å². The average Bonchev–Trinajstić information content (AvgIpc) is 2.02. The molecule has 0 saturated carbocycles. The second-order valence-electron chi connectivity index (χ2n) is 4.76. The third-order valence-corrected chi connectivity index (χ3v) is 2.65. The zero-order valence-electron chi connectivity index (χ0n) is 10.0. The Morgan fingerprint density at radius 2 is 1.87 bits per heavy atom. The van der Waals surface area contributed by atoms with Gasteiger partial charge < -0.3 is 15.8 Å². The van der Waals surface area contributed by atoms with Crippen LogP contribution in [-0.2, 0) is 9.53 Å². The Morgan fingerprint density at radius 1 is 1.40 bits per heavy atom. The third-order valence-electron chi connectivity index (χ3n) is 2.14. The number of carbonyl (C=O) groups is 1. The van der Waals surface area contributed by atoms with Gasteiger partial charge >= 0.3 is 0 Å². The van der Waals surface area contributed by atoms with E-state index >= 15 is 0 Å². The minimum atomic E-state index is -0.833. The van der Waals surface area contributed by atoms with Gasteiger partial charge in [0.2, 0.25) is 5.91 Å². The van der Waals surface area contributed by atoms with E-state index in [1.807, 2.05) is 13.8 Å². The summed E-state index contributed by atoms with van der Waals surface area (Å²) in [5, 5.41) is 2.85. The lowest BCUT2D eigenvalue weighted by Crippen LogP contribution is -2.54. The molecule has 0 bridgehead atoms. The van der Waals surface area contributed by atoms with E-state index in [2.05, 4.69) is 5.32 Å². The van der Waals surface area contributed by atoms with Crippen LogP contribution in [-0.4, -0.2) is 30.2 Å². The van der Waals surface area contributed by atoms with Crippen molar-refractivity contribution in [3.8, 4) is 0 Å². The van der Waals surface area contributed by atoms with Crippen molar-refractivity contribution in [1.82, 2.24) is 5.32 Å². The molecule has 0 saturated heterocycles. The Labute approximate surface area is 96.5 Å². The van der Waals surface area contributed by atoms with Gasteiger partial charge in [0, 0.05) is 7.11 Å². The van der Waals surface area contributed by atoms with Crippen molar-refractivity contribution in [1.29, 1.82) is 0 Å². The average molecular weight is 232 g/mol. The lowest BCUT2D eigenvalue weighted by molar-refractivity contribution is -0.128. The predicted octanol–water partition coefficient (Wildman–Crippen LogP) is 0.840. The topological polar surface area (TPSA) is 64.3 Å². The summed E-state index contributed by atoms with van der Waals surface area (Å²) in [7, 11) is 1.59. The maximum absolute atomic E-state index is 11.9. The van der Waals surface area contributed by atoms with E-state index in [4.69, 9.17) is 22.7 Å². The van der Waals surface area contributed by atoms with E-state index in [0.717, 1.165) is 0 Å². The lowest BCUT2D eigenvalue weighted by Gasteiger charge is -2.30. The molecule has 0 aromatic carbocycles. The van der Waals surface area contributed by atoms with Crippen LogP contribution in [0.4, 0.5) is 0 Å². The lowest BCUT2D eigenvalue weighted by atomic mass is 9.91. The number of hydrogen-bond acceptors (Lipinski definition) is 3. The molecule has 15 heavy (non-hydrogen) atoms. The van der Waals surface area contributed by atoms with Crippen molar-refractivity contribution in [2.45, 2.75) is 33.2 Å². The molecule has 0 unspecified atom stereocenters. The molecule has 88 valence electrons. The summed E-state index contributed by atoms with van der Waals surface area (Å²) in [4.78, 5) is 12.1. The number of nitrogens with one attached hydrogen (secondary N) is 1. The van der Waals surface area contributed by atoms with Crippen LogP contribution in [0.3, 0.4) is 0 Å². The van der Waals surface area contributed by atoms with Crippen molar-refractivity contribution in [3.05, 3.63) is 0 Å². The van der Waals surface area contributed by atoms with Crippen LogP contribution in [0.2, 0.25) is 0 Å². The molecule has 4 nitrogen and oxygen atoms in total. The van der Waals surface area contributed by atoms with E-state index < -0.39 is 11.0 Å². The summed E-state index contributed by atoms with van der Waals surface area (Å²) in [6, 6.07) is 0. The molecule has 0 heterocycles. The van der Waals surface area contributed by atoms with E-state index in [9.17, 15) is 4.79 Å². The van der Waals surface area contributed by atoms with E-state index in [1.165, 1.54) is 0 Å². The second-order valence-corrected chi connectivity index (χ2v) is 5.20. The van der Waals surface area contributed by atoms with Crippen LogP contribution in [0.25, 0.3) is 0 Å². The maximum Gasteiger partial charge on any atom is 0.232 e. The highest BCUT2D eigenvalue weighted by Crippen LogP contribution is 2.17. The Kier molecular flexibility index (Phi) is 4.67. The summed E-state index contributed by atoms with van der Waals surface area (Å²) < 4.78 is 5.00. The Balaban J connectivity index is 4.56. The zero-order chi connectivity index (χ0) is 12.3. The molecule has 0 aromatic heterocycles. The van der Waals surface area contributed by atoms with Crippen molar-refractivity contribution in [3.63, 3.8) is 0 Å². The molecule has 0 radical (unpaired) electrons. The first-order valence-corrected chi connectivity index (χ1v) is 5.16. The molecule has 0 fully saturated rings. The van der Waals surface area contributed by atoms with Gasteiger partial charge in [-0.15, -0.1) is 0 Å². The van der Waals surface area contributed by atoms with Gasteiger partial charge in [-0.2, -0.15) is 0 Å². The molecule has 0 aromatic rings. The fourth-order valence-corrected chi connectivity index (χ4v) is 1.07. The van der Waals surface area contributed by atoms with Crippen LogP contribution < -0.4 is 11.1 Å². The summed E-state index contributed by atoms with van der Waals surface area (Å²) in [6.07, 6.45) is 0. The summed E-state index contributed by atoms with van der Waals surface area (Å²) in [6.45, 7) is 7.60. The van der Waals surface area contributed by atoms with Crippen LogP contribution in [0.15, 0.2) is 0 Å². The van der Waals surface area contributed by atoms with Gasteiger partial charge in [0.25, 0.3) is 0 Å². The molecular formula is C10H20N2O2S. The highest BCUT2D eigenvalue weighted by molar-refractivity contribution is 7.80. The largest absolute Gasteiger partial charge is 0.392 e. The number of carbonyl (C=O) groups excluding carboxylic acids is 1. The van der Waals surface area contributed by atoms with Crippen LogP contribution in [0.5, 0.6) is 0 Å². The van der Waals surface area contributed by atoms with Gasteiger partial charge in [-0.25, -0.2) is 0 Å². The SMILES string of the molecule is COCC(C)(C)NC(=O)C(C)(C)C(N)=S. The van der Waals surface area contributed by atoms with E-state index in [0.29, 0.717) is 6.61 Å². The number of ether oxygens (including phenoxy) is 1. The molecule has 0 rings (SSSR count). The number of thiocarbonyl (C=S) groups is 1. The summed E-state index contributed by atoms with van der Waals surface area (Å²) in [5.41, 5.74) is 4.25. The standard InChI is InChI=1S/C10H20N2O2S/c1-9(2,6-14-5)12-8(13)10(3,4)7(11)15/h6H2,1-5H3,(H2,11,15)(H,12,13). The van der Waals surface area contributed by atoms with Crippen molar-refractivity contribution >= 4 is 23.1 Å². The van der Waals surface area contributed by atoms with Crippen molar-refractivity contribution in [2.75, 3.05) is 13.7 Å². The Morgan fingerprint density at radius 3 is 2.20 bits per heavy atom. The van der Waals surface area contributed by atoms with Gasteiger partial charge in [-0.05, 0) is 27.7 Å². The predicted molar refractivity (Wildman–Crippen MR) is 64.7 cm³/mol. The molecule has 3 N–H and O–H groups in total. The molecule has 0 aliphatic carbocycles. The molecule has 1 amide bonds. The fraction of sp³-hybridized carbons (Fsp3) is 0.800. The van der Waals surface area contributed by atoms with Crippen LogP contribution in [0.1, 0.15) is 27.7 Å². The minimum Gasteiger partial charge on any atom is -0.392 e. The normalized spacial score (nSPS) is 12.3. The Bertz CT molecular complexity index is 262. The number of methoxy groups -OCH3 is 1. The molecule has 0 spiro atoms.